The number of methoxy groups -OCH3 is 1. The van der Waals surface area contributed by atoms with E-state index in [1.54, 1.807) is 49.0 Å². The number of benzene rings is 1. The lowest BCUT2D eigenvalue weighted by molar-refractivity contribution is -0.130. The first-order valence-corrected chi connectivity index (χ1v) is 10.2. The van der Waals surface area contributed by atoms with Gasteiger partial charge in [0.05, 0.1) is 35.9 Å². The number of anilines is 2. The van der Waals surface area contributed by atoms with E-state index in [1.165, 1.54) is 30.5 Å². The summed E-state index contributed by atoms with van der Waals surface area (Å²) in [4.78, 5) is 26.0. The lowest BCUT2D eigenvalue weighted by Gasteiger charge is -2.14. The van der Waals surface area contributed by atoms with Crippen LogP contribution < -0.4 is 14.8 Å². The third-order valence-corrected chi connectivity index (χ3v) is 5.03. The van der Waals surface area contributed by atoms with Crippen molar-refractivity contribution in [2.75, 3.05) is 33.1 Å². The van der Waals surface area contributed by atoms with E-state index in [4.69, 9.17) is 21.1 Å². The number of carbonyl (C=O) groups excluding carboxylic acids is 1. The number of likely N-dealkylation sites (N-methyl/N-ethyl adjacent to an activating group) is 1. The summed E-state index contributed by atoms with van der Waals surface area (Å²) in [5.74, 6) is 0.562. The van der Waals surface area contributed by atoms with E-state index >= 15 is 0 Å². The number of pyridine rings is 1. The summed E-state index contributed by atoms with van der Waals surface area (Å²) >= 11 is 6.33. The van der Waals surface area contributed by atoms with Crippen LogP contribution in [0.1, 0.15) is 0 Å². The number of nitrogens with one attached hydrogen (secondary N) is 1. The second kappa shape index (κ2) is 9.29. The second-order valence-corrected chi connectivity index (χ2v) is 7.55. The lowest BCUT2D eigenvalue weighted by Crippen LogP contribution is -2.27. The molecule has 3 heterocycles. The number of rotatable bonds is 7. The molecule has 0 aliphatic rings. The maximum absolute atomic E-state index is 14.0. The van der Waals surface area contributed by atoms with Crippen molar-refractivity contribution in [1.29, 1.82) is 0 Å². The van der Waals surface area contributed by atoms with Gasteiger partial charge in [-0.3, -0.25) is 9.20 Å². The Morgan fingerprint density at radius 2 is 2.06 bits per heavy atom. The molecule has 0 unspecified atom stereocenters. The molecular weight excluding hydrogens is 451 g/mol. The molecule has 4 aromatic rings. The summed E-state index contributed by atoms with van der Waals surface area (Å²) in [6, 6.07) is 7.96. The monoisotopic (exact) mass is 470 g/mol. The van der Waals surface area contributed by atoms with Crippen LogP contribution in [0.5, 0.6) is 11.5 Å². The van der Waals surface area contributed by atoms with Crippen LogP contribution in [0.2, 0.25) is 5.02 Å². The van der Waals surface area contributed by atoms with Gasteiger partial charge in [-0.1, -0.05) is 11.6 Å². The molecule has 0 saturated heterocycles. The lowest BCUT2D eigenvalue weighted by atomic mass is 10.2. The van der Waals surface area contributed by atoms with Gasteiger partial charge in [0.2, 0.25) is 5.95 Å². The zero-order valence-electron chi connectivity index (χ0n) is 18.0. The number of imidazole rings is 1. The first-order valence-electron chi connectivity index (χ1n) is 9.80. The third-order valence-electron chi connectivity index (χ3n) is 4.76. The highest BCUT2D eigenvalue weighted by molar-refractivity contribution is 6.32. The van der Waals surface area contributed by atoms with Crippen LogP contribution in [0.25, 0.3) is 17.0 Å². The Balaban J connectivity index is 1.61. The Hall–Kier alpha value is -3.92. The predicted molar refractivity (Wildman–Crippen MR) is 122 cm³/mol. The second-order valence-electron chi connectivity index (χ2n) is 7.15. The van der Waals surface area contributed by atoms with Crippen molar-refractivity contribution < 1.29 is 18.7 Å². The first-order chi connectivity index (χ1) is 15.9. The topological polar surface area (TPSA) is 93.9 Å². The zero-order chi connectivity index (χ0) is 23.5. The van der Waals surface area contributed by atoms with Crippen LogP contribution in [-0.4, -0.2) is 58.0 Å². The van der Waals surface area contributed by atoms with Crippen LogP contribution >= 0.6 is 11.6 Å². The molecule has 0 atom stereocenters. The number of carbonyl (C=O) groups is 1. The van der Waals surface area contributed by atoms with Gasteiger partial charge in [0.1, 0.15) is 17.2 Å². The minimum Gasteiger partial charge on any atom is -0.494 e. The molecule has 3 aromatic heterocycles. The molecule has 1 aromatic carbocycles. The van der Waals surface area contributed by atoms with Crippen molar-refractivity contribution in [1.82, 2.24) is 24.3 Å². The summed E-state index contributed by atoms with van der Waals surface area (Å²) in [5.41, 5.74) is 1.64. The van der Waals surface area contributed by atoms with Crippen LogP contribution in [0.3, 0.4) is 0 Å². The number of hydrogen-bond acceptors (Lipinski definition) is 7. The highest BCUT2D eigenvalue weighted by Crippen LogP contribution is 2.32. The number of fused-ring (bicyclic) bond motifs is 1. The molecule has 0 bridgehead atoms. The Labute approximate surface area is 193 Å². The van der Waals surface area contributed by atoms with Gasteiger partial charge in [0.15, 0.2) is 18.1 Å². The average molecular weight is 471 g/mol. The molecule has 0 aliphatic carbocycles. The number of amides is 1. The number of halogens is 2. The Bertz CT molecular complexity index is 1330. The van der Waals surface area contributed by atoms with Gasteiger partial charge in [0, 0.05) is 26.4 Å². The van der Waals surface area contributed by atoms with Crippen LogP contribution in [0.15, 0.2) is 48.9 Å². The van der Waals surface area contributed by atoms with Crippen molar-refractivity contribution in [3.63, 3.8) is 0 Å². The van der Waals surface area contributed by atoms with Gasteiger partial charge in [-0.2, -0.15) is 0 Å². The number of hydrogen-bond donors (Lipinski definition) is 1. The summed E-state index contributed by atoms with van der Waals surface area (Å²) in [6.45, 7) is -0.0908. The van der Waals surface area contributed by atoms with E-state index in [9.17, 15) is 9.18 Å². The molecule has 0 aliphatic heterocycles. The molecule has 0 fully saturated rings. The standard InChI is InChI=1S/C22H20ClFN6O3/c1-29(2)19(31)12-33-13-6-7-16(18(9-13)32-3)27-22-26-10-14(23)20(28-22)17-11-25-21-15(24)5-4-8-30(17)21/h4-11H,12H2,1-3H3,(H,26,27,28). The number of nitrogens with zero attached hydrogens (tertiary/aromatic N) is 5. The van der Waals surface area contributed by atoms with E-state index in [-0.39, 0.29) is 29.1 Å². The molecule has 33 heavy (non-hydrogen) atoms. The van der Waals surface area contributed by atoms with Crippen LogP contribution in [-0.2, 0) is 4.79 Å². The van der Waals surface area contributed by atoms with Gasteiger partial charge in [-0.05, 0) is 24.3 Å². The van der Waals surface area contributed by atoms with Gasteiger partial charge >= 0.3 is 0 Å². The fourth-order valence-corrected chi connectivity index (χ4v) is 3.21. The minimum atomic E-state index is -0.452. The Morgan fingerprint density at radius 1 is 1.24 bits per heavy atom. The normalized spacial score (nSPS) is 10.8. The number of aromatic nitrogens is 4. The SMILES string of the molecule is COc1cc(OCC(=O)N(C)C)ccc1Nc1ncc(Cl)c(-c2cnc3c(F)cccn23)n1. The van der Waals surface area contributed by atoms with Crippen molar-refractivity contribution in [3.8, 4) is 22.9 Å². The number of ether oxygens (including phenoxy) is 2. The van der Waals surface area contributed by atoms with E-state index in [0.717, 1.165) is 0 Å². The van der Waals surface area contributed by atoms with Crippen LogP contribution in [0.4, 0.5) is 16.0 Å². The Morgan fingerprint density at radius 3 is 2.82 bits per heavy atom. The van der Waals surface area contributed by atoms with Crippen LogP contribution in [0, 0.1) is 5.82 Å². The highest BCUT2D eigenvalue weighted by Gasteiger charge is 2.16. The van der Waals surface area contributed by atoms with E-state index in [0.29, 0.717) is 28.6 Å². The summed E-state index contributed by atoms with van der Waals surface area (Å²) < 4.78 is 26.6. The first kappa shape index (κ1) is 22.3. The predicted octanol–water partition coefficient (Wildman–Crippen LogP) is 3.80. The maximum Gasteiger partial charge on any atom is 0.259 e. The van der Waals surface area contributed by atoms with Gasteiger partial charge in [-0.15, -0.1) is 0 Å². The van der Waals surface area contributed by atoms with Crippen molar-refractivity contribution in [3.05, 3.63) is 59.8 Å². The molecular formula is C22H20ClFN6O3. The molecule has 0 spiro atoms. The van der Waals surface area contributed by atoms with Crippen molar-refractivity contribution in [2.45, 2.75) is 0 Å². The molecule has 4 rings (SSSR count). The largest absolute Gasteiger partial charge is 0.494 e. The van der Waals surface area contributed by atoms with Gasteiger partial charge < -0.3 is 19.7 Å². The summed E-state index contributed by atoms with van der Waals surface area (Å²) in [7, 11) is 4.82. The molecule has 9 nitrogen and oxygen atoms in total. The molecule has 1 amide bonds. The fraction of sp³-hybridized carbons (Fsp3) is 0.182. The zero-order valence-corrected chi connectivity index (χ0v) is 18.8. The quantitative estimate of drug-likeness (QED) is 0.439. The van der Waals surface area contributed by atoms with E-state index in [2.05, 4.69) is 20.3 Å². The minimum absolute atomic E-state index is 0.0908. The van der Waals surface area contributed by atoms with Gasteiger partial charge in [0.25, 0.3) is 5.91 Å². The third kappa shape index (κ3) is 4.65. The molecule has 0 radical (unpaired) electrons. The highest BCUT2D eigenvalue weighted by atomic mass is 35.5. The molecule has 1 N–H and O–H groups in total. The summed E-state index contributed by atoms with van der Waals surface area (Å²) in [6.07, 6.45) is 4.62. The van der Waals surface area contributed by atoms with Crippen molar-refractivity contribution >= 4 is 34.8 Å². The van der Waals surface area contributed by atoms with E-state index in [1.807, 2.05) is 0 Å². The molecule has 0 saturated carbocycles. The van der Waals surface area contributed by atoms with E-state index < -0.39 is 5.82 Å². The molecule has 11 heteroatoms. The maximum atomic E-state index is 14.0. The average Bonchev–Trinajstić information content (AvgIpc) is 3.24. The molecule has 170 valence electrons. The smallest absolute Gasteiger partial charge is 0.259 e. The Kier molecular flexibility index (Phi) is 6.27. The van der Waals surface area contributed by atoms with Crippen molar-refractivity contribution in [2.24, 2.45) is 0 Å². The summed E-state index contributed by atoms with van der Waals surface area (Å²) in [5, 5.41) is 3.37. The fourth-order valence-electron chi connectivity index (χ4n) is 3.02. The van der Waals surface area contributed by atoms with Gasteiger partial charge in [-0.25, -0.2) is 19.3 Å².